The molecule has 0 amide bonds. The van der Waals surface area contributed by atoms with Crippen molar-refractivity contribution in [2.45, 2.75) is 44.9 Å². The SMILES string of the molecule is CCNCc1nnc(NC2CCC(OC)C2)o1. The molecule has 1 aliphatic rings. The molecular formula is C11H20N4O2. The Balaban J connectivity index is 1.80. The Kier molecular flexibility index (Phi) is 4.33. The number of hydrogen-bond donors (Lipinski definition) is 2. The zero-order valence-electron chi connectivity index (χ0n) is 10.4. The van der Waals surface area contributed by atoms with Gasteiger partial charge in [-0.2, -0.15) is 0 Å². The Hall–Kier alpha value is -1.14. The average molecular weight is 240 g/mol. The molecule has 1 heterocycles. The third-order valence-electron chi connectivity index (χ3n) is 3.04. The first-order chi connectivity index (χ1) is 8.31. The monoisotopic (exact) mass is 240 g/mol. The minimum atomic E-state index is 0.358. The molecule has 1 aliphatic carbocycles. The second-order valence-electron chi connectivity index (χ2n) is 4.29. The Morgan fingerprint density at radius 3 is 3.00 bits per heavy atom. The van der Waals surface area contributed by atoms with Crippen LogP contribution < -0.4 is 10.6 Å². The van der Waals surface area contributed by atoms with Crippen LogP contribution in [0.25, 0.3) is 0 Å². The van der Waals surface area contributed by atoms with Crippen molar-refractivity contribution in [1.29, 1.82) is 0 Å². The number of nitrogens with zero attached hydrogens (tertiary/aromatic N) is 2. The van der Waals surface area contributed by atoms with Crippen LogP contribution >= 0.6 is 0 Å². The molecule has 1 aromatic rings. The molecule has 0 bridgehead atoms. The quantitative estimate of drug-likeness (QED) is 0.777. The summed E-state index contributed by atoms with van der Waals surface area (Å²) in [5.41, 5.74) is 0. The molecule has 1 aromatic heterocycles. The van der Waals surface area contributed by atoms with Gasteiger partial charge in [0.25, 0.3) is 0 Å². The zero-order chi connectivity index (χ0) is 12.1. The lowest BCUT2D eigenvalue weighted by molar-refractivity contribution is 0.108. The fraction of sp³-hybridized carbons (Fsp3) is 0.818. The van der Waals surface area contributed by atoms with E-state index in [0.717, 1.165) is 25.8 Å². The van der Waals surface area contributed by atoms with Gasteiger partial charge >= 0.3 is 6.01 Å². The van der Waals surface area contributed by atoms with Crippen LogP contribution in [0.5, 0.6) is 0 Å². The number of anilines is 1. The molecule has 0 saturated heterocycles. The summed E-state index contributed by atoms with van der Waals surface area (Å²) in [6.07, 6.45) is 3.54. The highest BCUT2D eigenvalue weighted by Crippen LogP contribution is 2.24. The van der Waals surface area contributed by atoms with Gasteiger partial charge in [-0.25, -0.2) is 0 Å². The molecule has 17 heavy (non-hydrogen) atoms. The van der Waals surface area contributed by atoms with Crippen LogP contribution in [0.4, 0.5) is 6.01 Å². The van der Waals surface area contributed by atoms with Crippen LogP contribution in [-0.2, 0) is 11.3 Å². The van der Waals surface area contributed by atoms with E-state index in [9.17, 15) is 0 Å². The number of aromatic nitrogens is 2. The van der Waals surface area contributed by atoms with Gasteiger partial charge in [0.05, 0.1) is 12.6 Å². The van der Waals surface area contributed by atoms with Crippen LogP contribution in [0.15, 0.2) is 4.42 Å². The maximum atomic E-state index is 5.48. The van der Waals surface area contributed by atoms with Crippen molar-refractivity contribution in [3.8, 4) is 0 Å². The van der Waals surface area contributed by atoms with Gasteiger partial charge in [0.1, 0.15) is 0 Å². The van der Waals surface area contributed by atoms with E-state index in [-0.39, 0.29) is 0 Å². The third-order valence-corrected chi connectivity index (χ3v) is 3.04. The third kappa shape index (κ3) is 3.41. The molecule has 6 nitrogen and oxygen atoms in total. The van der Waals surface area contributed by atoms with Gasteiger partial charge in [0.2, 0.25) is 5.89 Å². The summed E-state index contributed by atoms with van der Waals surface area (Å²) in [6.45, 7) is 3.55. The Bertz CT molecular complexity index is 342. The summed E-state index contributed by atoms with van der Waals surface area (Å²) in [4.78, 5) is 0. The molecule has 0 spiro atoms. The second-order valence-corrected chi connectivity index (χ2v) is 4.29. The molecule has 1 saturated carbocycles. The van der Waals surface area contributed by atoms with Crippen molar-refractivity contribution < 1.29 is 9.15 Å². The fourth-order valence-corrected chi connectivity index (χ4v) is 2.08. The summed E-state index contributed by atoms with van der Waals surface area (Å²) < 4.78 is 10.8. The molecule has 6 heteroatoms. The van der Waals surface area contributed by atoms with E-state index in [4.69, 9.17) is 9.15 Å². The first kappa shape index (κ1) is 12.3. The highest BCUT2D eigenvalue weighted by atomic mass is 16.5. The largest absolute Gasteiger partial charge is 0.407 e. The van der Waals surface area contributed by atoms with E-state index in [1.54, 1.807) is 7.11 Å². The van der Waals surface area contributed by atoms with Crippen LogP contribution in [0.1, 0.15) is 32.1 Å². The first-order valence-electron chi connectivity index (χ1n) is 6.14. The maximum Gasteiger partial charge on any atom is 0.315 e. The minimum absolute atomic E-state index is 0.358. The summed E-state index contributed by atoms with van der Waals surface area (Å²) in [5.74, 6) is 0.621. The lowest BCUT2D eigenvalue weighted by atomic mass is 10.2. The smallest absolute Gasteiger partial charge is 0.315 e. The number of ether oxygens (including phenoxy) is 1. The van der Waals surface area contributed by atoms with E-state index in [0.29, 0.717) is 30.6 Å². The number of hydrogen-bond acceptors (Lipinski definition) is 6. The highest BCUT2D eigenvalue weighted by Gasteiger charge is 2.25. The van der Waals surface area contributed by atoms with Crippen molar-refractivity contribution in [1.82, 2.24) is 15.5 Å². The van der Waals surface area contributed by atoms with Gasteiger partial charge in [0.15, 0.2) is 0 Å². The highest BCUT2D eigenvalue weighted by molar-refractivity contribution is 5.20. The first-order valence-corrected chi connectivity index (χ1v) is 6.14. The molecule has 0 radical (unpaired) electrons. The van der Waals surface area contributed by atoms with Gasteiger partial charge in [0, 0.05) is 13.2 Å². The molecule has 0 aliphatic heterocycles. The van der Waals surface area contributed by atoms with Crippen LogP contribution in [0.2, 0.25) is 0 Å². The molecule has 2 rings (SSSR count). The normalized spacial score (nSPS) is 24.1. The Morgan fingerprint density at radius 2 is 2.29 bits per heavy atom. The Labute approximate surface area is 101 Å². The van der Waals surface area contributed by atoms with Gasteiger partial charge < -0.3 is 19.8 Å². The molecule has 2 atom stereocenters. The van der Waals surface area contributed by atoms with Crippen molar-refractivity contribution in [2.24, 2.45) is 0 Å². The Morgan fingerprint density at radius 1 is 1.41 bits per heavy atom. The van der Waals surface area contributed by atoms with Gasteiger partial charge in [-0.15, -0.1) is 5.10 Å². The second kappa shape index (κ2) is 5.97. The van der Waals surface area contributed by atoms with Crippen molar-refractivity contribution in [3.05, 3.63) is 5.89 Å². The standard InChI is InChI=1S/C11H20N4O2/c1-3-12-7-10-14-15-11(17-10)13-8-4-5-9(6-8)16-2/h8-9,12H,3-7H2,1-2H3,(H,13,15). The van der Waals surface area contributed by atoms with Crippen molar-refractivity contribution in [3.63, 3.8) is 0 Å². The lowest BCUT2D eigenvalue weighted by Crippen LogP contribution is -2.17. The van der Waals surface area contributed by atoms with E-state index < -0.39 is 0 Å². The van der Waals surface area contributed by atoms with E-state index in [2.05, 4.69) is 20.8 Å². The van der Waals surface area contributed by atoms with Crippen LogP contribution in [-0.4, -0.2) is 36.0 Å². The molecule has 1 fully saturated rings. The molecule has 2 unspecified atom stereocenters. The van der Waals surface area contributed by atoms with Crippen LogP contribution in [0, 0.1) is 0 Å². The predicted octanol–water partition coefficient (Wildman–Crippen LogP) is 1.16. The number of methoxy groups -OCH3 is 1. The van der Waals surface area contributed by atoms with E-state index in [1.807, 2.05) is 6.92 Å². The minimum Gasteiger partial charge on any atom is -0.407 e. The van der Waals surface area contributed by atoms with E-state index >= 15 is 0 Å². The molecule has 2 N–H and O–H groups in total. The predicted molar refractivity (Wildman–Crippen MR) is 63.7 cm³/mol. The van der Waals surface area contributed by atoms with Gasteiger partial charge in [-0.1, -0.05) is 12.0 Å². The topological polar surface area (TPSA) is 72.2 Å². The van der Waals surface area contributed by atoms with Crippen molar-refractivity contribution >= 4 is 6.01 Å². The molecular weight excluding hydrogens is 220 g/mol. The summed E-state index contributed by atoms with van der Waals surface area (Å²) >= 11 is 0. The van der Waals surface area contributed by atoms with Gasteiger partial charge in [-0.05, 0) is 25.8 Å². The van der Waals surface area contributed by atoms with E-state index in [1.165, 1.54) is 0 Å². The molecule has 96 valence electrons. The van der Waals surface area contributed by atoms with Crippen LogP contribution in [0.3, 0.4) is 0 Å². The summed E-state index contributed by atoms with van der Waals surface area (Å²) in [5, 5.41) is 14.3. The molecule has 0 aromatic carbocycles. The average Bonchev–Trinajstić information content (AvgIpc) is 2.96. The zero-order valence-corrected chi connectivity index (χ0v) is 10.4. The summed E-state index contributed by atoms with van der Waals surface area (Å²) in [7, 11) is 1.76. The van der Waals surface area contributed by atoms with Gasteiger partial charge in [-0.3, -0.25) is 0 Å². The fourth-order valence-electron chi connectivity index (χ4n) is 2.08. The number of rotatable bonds is 6. The lowest BCUT2D eigenvalue weighted by Gasteiger charge is -2.10. The maximum absolute atomic E-state index is 5.48. The number of nitrogens with one attached hydrogen (secondary N) is 2. The van der Waals surface area contributed by atoms with Crippen molar-refractivity contribution in [2.75, 3.05) is 19.0 Å². The summed E-state index contributed by atoms with van der Waals surface area (Å²) in [6, 6.07) is 0.895.